The number of hydrogen-bond acceptors (Lipinski definition) is 9. The van der Waals surface area contributed by atoms with E-state index in [0.717, 1.165) is 0 Å². The number of primary amides is 1. The average molecular weight is 659 g/mol. The van der Waals surface area contributed by atoms with E-state index in [1.54, 1.807) is 48.7 Å². The zero-order valence-electron chi connectivity index (χ0n) is 26.7. The third-order valence-electron chi connectivity index (χ3n) is 8.28. The third kappa shape index (κ3) is 6.79. The van der Waals surface area contributed by atoms with Crippen LogP contribution in [0.1, 0.15) is 43.5 Å². The first-order valence-corrected chi connectivity index (χ1v) is 15.4. The van der Waals surface area contributed by atoms with Gasteiger partial charge in [0.2, 0.25) is 11.8 Å². The highest BCUT2D eigenvalue weighted by Crippen LogP contribution is 2.49. The maximum atomic E-state index is 13.7. The first kappa shape index (κ1) is 32.8. The largest absolute Gasteiger partial charge is 0.496 e. The van der Waals surface area contributed by atoms with E-state index < -0.39 is 34.7 Å². The predicted octanol–water partition coefficient (Wildman–Crippen LogP) is 5.31. The summed E-state index contributed by atoms with van der Waals surface area (Å²) in [7, 11) is 1.45. The Morgan fingerprint density at radius 1 is 1.02 bits per heavy atom. The number of ether oxygens (including phenoxy) is 4. The Morgan fingerprint density at radius 2 is 1.71 bits per heavy atom. The molecule has 3 amide bonds. The van der Waals surface area contributed by atoms with Crippen LogP contribution in [0.5, 0.6) is 17.2 Å². The molecule has 1 saturated heterocycles. The zero-order chi connectivity index (χ0) is 34.1. The van der Waals surface area contributed by atoms with Gasteiger partial charge in [-0.3, -0.25) is 29.1 Å². The topological polar surface area (TPSA) is 152 Å². The Balaban J connectivity index is 1.22. The number of nitrogens with two attached hydrogens (primary N) is 1. The fourth-order valence-corrected chi connectivity index (χ4v) is 5.56. The number of hydroxylamine groups is 1. The van der Waals surface area contributed by atoms with Gasteiger partial charge in [-0.1, -0.05) is 0 Å². The fourth-order valence-electron chi connectivity index (χ4n) is 5.56. The summed E-state index contributed by atoms with van der Waals surface area (Å²) in [5.41, 5.74) is 8.30. The second-order valence-electron chi connectivity index (χ2n) is 12.1. The zero-order valence-corrected chi connectivity index (χ0v) is 26.7. The third-order valence-corrected chi connectivity index (χ3v) is 8.28. The Labute approximate surface area is 275 Å². The number of fused-ring (bicyclic) bond motifs is 1. The van der Waals surface area contributed by atoms with Crippen molar-refractivity contribution in [3.8, 4) is 17.2 Å². The van der Waals surface area contributed by atoms with Gasteiger partial charge in [-0.2, -0.15) is 0 Å². The molecular weight excluding hydrogens is 623 g/mol. The lowest BCUT2D eigenvalue weighted by Crippen LogP contribution is -2.42. The van der Waals surface area contributed by atoms with Crippen LogP contribution in [-0.4, -0.2) is 54.9 Å². The molecule has 2 aliphatic rings. The highest BCUT2D eigenvalue weighted by atomic mass is 19.1. The maximum Gasteiger partial charge on any atom is 0.278 e. The summed E-state index contributed by atoms with van der Waals surface area (Å²) in [6.45, 7) is 4.29. The lowest BCUT2D eigenvalue weighted by Gasteiger charge is -2.35. The van der Waals surface area contributed by atoms with Crippen LogP contribution in [0, 0.1) is 11.2 Å². The number of anilines is 2. The van der Waals surface area contributed by atoms with E-state index in [2.05, 4.69) is 10.5 Å². The average Bonchev–Trinajstić information content (AvgIpc) is 3.88. The molecule has 0 radical (unpaired) electrons. The van der Waals surface area contributed by atoms with Crippen molar-refractivity contribution in [3.05, 3.63) is 84.3 Å². The molecule has 1 saturated carbocycles. The molecule has 12 nitrogen and oxygen atoms in total. The molecule has 1 atom stereocenters. The van der Waals surface area contributed by atoms with Crippen molar-refractivity contribution in [2.45, 2.75) is 45.0 Å². The molecule has 1 aliphatic heterocycles. The molecule has 6 rings (SSSR count). The van der Waals surface area contributed by atoms with Crippen molar-refractivity contribution in [2.75, 3.05) is 25.2 Å². The molecule has 0 spiro atoms. The van der Waals surface area contributed by atoms with E-state index in [-0.39, 0.29) is 24.0 Å². The molecular formula is C35H35FN4O8. The first-order valence-electron chi connectivity index (χ1n) is 15.4. The van der Waals surface area contributed by atoms with Crippen molar-refractivity contribution >= 4 is 40.0 Å². The summed E-state index contributed by atoms with van der Waals surface area (Å²) in [4.78, 5) is 50.3. The minimum atomic E-state index is -1.30. The SMILES string of the molecule is COc1cc2nccc(Oc3ccc(N(C(=O)C4(C(N)=O)CC4)c4ccc(F)cc4)cc3)c2cc1C(=O)NOCC1CCOC(C)(C)O1. The number of amides is 3. The van der Waals surface area contributed by atoms with Gasteiger partial charge in [0.15, 0.2) is 5.79 Å². The van der Waals surface area contributed by atoms with Crippen molar-refractivity contribution in [3.63, 3.8) is 0 Å². The number of methoxy groups -OCH3 is 1. The van der Waals surface area contributed by atoms with Gasteiger partial charge in [-0.25, -0.2) is 9.87 Å². The number of nitrogens with one attached hydrogen (secondary N) is 1. The fraction of sp³-hybridized carbons (Fsp3) is 0.314. The van der Waals surface area contributed by atoms with Gasteiger partial charge in [0, 0.05) is 29.0 Å². The number of halogens is 1. The van der Waals surface area contributed by atoms with E-state index in [9.17, 15) is 18.8 Å². The quantitative estimate of drug-likeness (QED) is 0.161. The standard InChI is InChI=1S/C35H35FN4O8/c1-34(2)45-17-13-25(48-34)20-46-39-31(41)27-18-26-28(19-30(27)44-3)38-16-12-29(26)47-24-10-8-23(9-11-24)40(22-6-4-21(36)5-7-22)33(43)35(14-15-35)32(37)42/h4-12,16,18-19,25H,13-15,17,20H2,1-3H3,(H2,37,42)(H,39,41). The first-order chi connectivity index (χ1) is 23.0. The van der Waals surface area contributed by atoms with Gasteiger partial charge < -0.3 is 24.7 Å². The number of nitrogens with zero attached hydrogens (tertiary/aromatic N) is 2. The maximum absolute atomic E-state index is 13.7. The summed E-state index contributed by atoms with van der Waals surface area (Å²) in [6, 6.07) is 16.9. The number of aromatic nitrogens is 1. The highest BCUT2D eigenvalue weighted by Gasteiger charge is 2.57. The second-order valence-corrected chi connectivity index (χ2v) is 12.1. The monoisotopic (exact) mass is 658 g/mol. The Bertz CT molecular complexity index is 1840. The molecule has 3 N–H and O–H groups in total. The van der Waals surface area contributed by atoms with Crippen LogP contribution in [0.15, 0.2) is 72.9 Å². The minimum absolute atomic E-state index is 0.133. The number of benzene rings is 3. The van der Waals surface area contributed by atoms with Crippen LogP contribution in [0.3, 0.4) is 0 Å². The molecule has 2 heterocycles. The predicted molar refractivity (Wildman–Crippen MR) is 172 cm³/mol. The van der Waals surface area contributed by atoms with Gasteiger partial charge in [0.1, 0.15) is 35.1 Å². The van der Waals surface area contributed by atoms with E-state index in [4.69, 9.17) is 29.5 Å². The molecule has 48 heavy (non-hydrogen) atoms. The minimum Gasteiger partial charge on any atom is -0.496 e. The van der Waals surface area contributed by atoms with E-state index >= 15 is 0 Å². The van der Waals surface area contributed by atoms with Crippen LogP contribution >= 0.6 is 0 Å². The smallest absolute Gasteiger partial charge is 0.278 e. The van der Waals surface area contributed by atoms with Gasteiger partial charge in [0.05, 0.1) is 30.9 Å². The molecule has 13 heteroatoms. The number of pyridine rings is 1. The summed E-state index contributed by atoms with van der Waals surface area (Å²) in [5.74, 6) is -1.80. The van der Waals surface area contributed by atoms with Crippen LogP contribution in [-0.2, 0) is 23.9 Å². The molecule has 4 aromatic rings. The number of hydrogen-bond donors (Lipinski definition) is 2. The molecule has 2 fully saturated rings. The molecule has 1 aliphatic carbocycles. The van der Waals surface area contributed by atoms with Gasteiger partial charge in [-0.05, 0) is 93.8 Å². The van der Waals surface area contributed by atoms with E-state index in [0.29, 0.717) is 59.6 Å². The van der Waals surface area contributed by atoms with Crippen LogP contribution in [0.25, 0.3) is 10.9 Å². The van der Waals surface area contributed by atoms with E-state index in [1.165, 1.54) is 36.3 Å². The number of carbonyl (C=O) groups excluding carboxylic acids is 3. The van der Waals surface area contributed by atoms with Crippen molar-refractivity contribution in [2.24, 2.45) is 11.1 Å². The molecule has 1 unspecified atom stereocenters. The summed E-state index contributed by atoms with van der Waals surface area (Å²) in [6.07, 6.45) is 2.63. The molecule has 250 valence electrons. The summed E-state index contributed by atoms with van der Waals surface area (Å²) < 4.78 is 36.8. The van der Waals surface area contributed by atoms with Crippen molar-refractivity contribution in [1.29, 1.82) is 0 Å². The Kier molecular flexibility index (Phi) is 9.01. The number of carbonyl (C=O) groups is 3. The molecule has 0 bridgehead atoms. The van der Waals surface area contributed by atoms with Gasteiger partial charge in [-0.15, -0.1) is 0 Å². The Morgan fingerprint density at radius 3 is 2.33 bits per heavy atom. The lowest BCUT2D eigenvalue weighted by molar-refractivity contribution is -0.281. The lowest BCUT2D eigenvalue weighted by atomic mass is 10.0. The number of rotatable bonds is 11. The molecule has 1 aromatic heterocycles. The van der Waals surface area contributed by atoms with Gasteiger partial charge in [0.25, 0.3) is 5.91 Å². The Hall–Kier alpha value is -5.11. The van der Waals surface area contributed by atoms with Crippen molar-refractivity contribution in [1.82, 2.24) is 10.5 Å². The van der Waals surface area contributed by atoms with Gasteiger partial charge >= 0.3 is 0 Å². The molecule has 3 aromatic carbocycles. The van der Waals surface area contributed by atoms with E-state index in [1.807, 2.05) is 13.8 Å². The van der Waals surface area contributed by atoms with Crippen LogP contribution < -0.4 is 25.6 Å². The highest BCUT2D eigenvalue weighted by molar-refractivity contribution is 6.16. The summed E-state index contributed by atoms with van der Waals surface area (Å²) >= 11 is 0. The van der Waals surface area contributed by atoms with Crippen molar-refractivity contribution < 1.29 is 42.6 Å². The second kappa shape index (κ2) is 13.2. The van der Waals surface area contributed by atoms with Crippen LogP contribution in [0.4, 0.5) is 15.8 Å². The summed E-state index contributed by atoms with van der Waals surface area (Å²) in [5, 5.41) is 0.530. The van der Waals surface area contributed by atoms with Crippen LogP contribution in [0.2, 0.25) is 0 Å². The normalized spacial score (nSPS) is 17.7.